The number of sulfonamides is 1. The third-order valence-electron chi connectivity index (χ3n) is 4.60. The van der Waals surface area contributed by atoms with Crippen molar-refractivity contribution in [3.05, 3.63) is 40.8 Å². The summed E-state index contributed by atoms with van der Waals surface area (Å²) in [5.41, 5.74) is 0.980. The molecule has 158 valence electrons. The molecule has 0 bridgehead atoms. The van der Waals surface area contributed by atoms with E-state index in [1.807, 2.05) is 0 Å². The van der Waals surface area contributed by atoms with Crippen LogP contribution in [0.4, 0.5) is 0 Å². The molecule has 7 nitrogen and oxygen atoms in total. The predicted molar refractivity (Wildman–Crippen MR) is 111 cm³/mol. The van der Waals surface area contributed by atoms with E-state index in [1.165, 1.54) is 18.4 Å². The van der Waals surface area contributed by atoms with Gasteiger partial charge in [-0.2, -0.15) is 0 Å². The smallest absolute Gasteiger partial charge is 0.338 e. The van der Waals surface area contributed by atoms with E-state index in [-0.39, 0.29) is 24.3 Å². The minimum atomic E-state index is -3.75. The average molecular weight is 440 g/mol. The van der Waals surface area contributed by atoms with Gasteiger partial charge in [0.1, 0.15) is 0 Å². The number of aryl methyl sites for hydroxylation is 1. The van der Waals surface area contributed by atoms with Crippen molar-refractivity contribution in [3.8, 4) is 10.4 Å². The molecule has 1 fully saturated rings. The van der Waals surface area contributed by atoms with Gasteiger partial charge in [-0.25, -0.2) is 17.9 Å². The van der Waals surface area contributed by atoms with Crippen LogP contribution in [0.15, 0.2) is 35.2 Å². The molecule has 1 saturated heterocycles. The van der Waals surface area contributed by atoms with Gasteiger partial charge in [0.2, 0.25) is 10.0 Å². The zero-order valence-corrected chi connectivity index (χ0v) is 18.1. The lowest BCUT2D eigenvalue weighted by molar-refractivity contribution is -0.160. The third-order valence-corrected chi connectivity index (χ3v) is 7.20. The number of rotatable bonds is 8. The molecule has 29 heavy (non-hydrogen) atoms. The first kappa shape index (κ1) is 21.9. The van der Waals surface area contributed by atoms with Gasteiger partial charge >= 0.3 is 5.97 Å². The summed E-state index contributed by atoms with van der Waals surface area (Å²) >= 11 is 1.35. The van der Waals surface area contributed by atoms with Crippen molar-refractivity contribution in [2.24, 2.45) is 0 Å². The molecule has 1 atom stereocenters. The van der Waals surface area contributed by atoms with Gasteiger partial charge in [-0.15, -0.1) is 11.3 Å². The van der Waals surface area contributed by atoms with Gasteiger partial charge in [0.05, 0.1) is 24.2 Å². The van der Waals surface area contributed by atoms with Crippen molar-refractivity contribution in [1.29, 1.82) is 0 Å². The van der Waals surface area contributed by atoms with E-state index in [4.69, 9.17) is 14.2 Å². The summed E-state index contributed by atoms with van der Waals surface area (Å²) in [5.74, 6) is -0.439. The third kappa shape index (κ3) is 5.43. The van der Waals surface area contributed by atoms with Gasteiger partial charge in [0.25, 0.3) is 0 Å². The van der Waals surface area contributed by atoms with Crippen LogP contribution in [0.25, 0.3) is 10.4 Å². The summed E-state index contributed by atoms with van der Waals surface area (Å²) in [5, 5.41) is 0. The molecule has 2 aromatic rings. The van der Waals surface area contributed by atoms with Crippen molar-refractivity contribution in [3.63, 3.8) is 0 Å². The lowest BCUT2D eigenvalue weighted by Gasteiger charge is -2.22. The molecule has 1 aliphatic heterocycles. The maximum atomic E-state index is 12.9. The standard InChI is InChI=1S/C20H25NO6S2/c1-14-16(20(22)25-2)13-17(28-14)15-7-3-4-8-18(15)29(23,24)21-10-12-27-19-9-5-6-11-26-19/h3-4,7-8,13,19,21H,5-6,9-12H2,1-2H3. The molecule has 1 aromatic carbocycles. The number of ether oxygens (including phenoxy) is 3. The van der Waals surface area contributed by atoms with Gasteiger partial charge in [0.15, 0.2) is 6.29 Å². The second kappa shape index (κ2) is 9.82. The highest BCUT2D eigenvalue weighted by Gasteiger charge is 2.22. The summed E-state index contributed by atoms with van der Waals surface area (Å²) in [4.78, 5) is 13.5. The second-order valence-corrected chi connectivity index (χ2v) is 9.62. The highest BCUT2D eigenvalue weighted by atomic mass is 32.2. The zero-order chi connectivity index (χ0) is 20.9. The Balaban J connectivity index is 1.72. The summed E-state index contributed by atoms with van der Waals surface area (Å²) < 4.78 is 44.2. The SMILES string of the molecule is COC(=O)c1cc(-c2ccccc2S(=O)(=O)NCCOC2CCCCO2)sc1C. The molecule has 9 heteroatoms. The van der Waals surface area contributed by atoms with Crippen LogP contribution in [0.1, 0.15) is 34.5 Å². The Kier molecular flexibility index (Phi) is 7.42. The summed E-state index contributed by atoms with van der Waals surface area (Å²) in [6.45, 7) is 2.86. The largest absolute Gasteiger partial charge is 0.465 e. The minimum Gasteiger partial charge on any atom is -0.465 e. The Labute approximate surface area is 175 Å². The highest BCUT2D eigenvalue weighted by Crippen LogP contribution is 2.35. The maximum Gasteiger partial charge on any atom is 0.338 e. The molecule has 1 N–H and O–H groups in total. The van der Waals surface area contributed by atoms with Gasteiger partial charge < -0.3 is 14.2 Å². The van der Waals surface area contributed by atoms with Crippen LogP contribution in [0.3, 0.4) is 0 Å². The zero-order valence-electron chi connectivity index (χ0n) is 16.5. The molecule has 1 aliphatic rings. The van der Waals surface area contributed by atoms with E-state index >= 15 is 0 Å². The fourth-order valence-electron chi connectivity index (χ4n) is 3.12. The molecule has 0 spiro atoms. The van der Waals surface area contributed by atoms with E-state index in [2.05, 4.69) is 4.72 Å². The number of nitrogens with one attached hydrogen (secondary N) is 1. The number of hydrogen-bond donors (Lipinski definition) is 1. The van der Waals surface area contributed by atoms with E-state index in [0.717, 1.165) is 24.1 Å². The molecule has 2 heterocycles. The van der Waals surface area contributed by atoms with Crippen molar-refractivity contribution < 1.29 is 27.4 Å². The number of carbonyl (C=O) groups excluding carboxylic acids is 1. The highest BCUT2D eigenvalue weighted by molar-refractivity contribution is 7.89. The van der Waals surface area contributed by atoms with Crippen molar-refractivity contribution in [2.75, 3.05) is 26.9 Å². The first-order valence-corrected chi connectivity index (χ1v) is 11.7. The van der Waals surface area contributed by atoms with E-state index < -0.39 is 16.0 Å². The Morgan fingerprint density at radius 1 is 1.31 bits per heavy atom. The van der Waals surface area contributed by atoms with E-state index in [1.54, 1.807) is 37.3 Å². The quantitative estimate of drug-likeness (QED) is 0.501. The topological polar surface area (TPSA) is 90.9 Å². The number of hydrogen-bond acceptors (Lipinski definition) is 7. The molecule has 0 aliphatic carbocycles. The monoisotopic (exact) mass is 439 g/mol. The van der Waals surface area contributed by atoms with Crippen LogP contribution in [-0.2, 0) is 24.2 Å². The first-order valence-electron chi connectivity index (χ1n) is 9.43. The summed E-state index contributed by atoms with van der Waals surface area (Å²) in [6.07, 6.45) is 2.66. The van der Waals surface area contributed by atoms with Crippen molar-refractivity contribution >= 4 is 27.3 Å². The average Bonchev–Trinajstić information content (AvgIpc) is 3.13. The van der Waals surface area contributed by atoms with Crippen LogP contribution < -0.4 is 4.72 Å². The lowest BCUT2D eigenvalue weighted by Crippen LogP contribution is -2.30. The number of thiophene rings is 1. The Morgan fingerprint density at radius 2 is 2.10 bits per heavy atom. The van der Waals surface area contributed by atoms with Gasteiger partial charge in [-0.3, -0.25) is 0 Å². The Hall–Kier alpha value is -1.78. The molecule has 0 saturated carbocycles. The van der Waals surface area contributed by atoms with Crippen LogP contribution >= 0.6 is 11.3 Å². The van der Waals surface area contributed by atoms with Crippen LogP contribution in [-0.4, -0.2) is 47.5 Å². The van der Waals surface area contributed by atoms with E-state index in [9.17, 15) is 13.2 Å². The molecule has 0 radical (unpaired) electrons. The lowest BCUT2D eigenvalue weighted by atomic mass is 10.1. The van der Waals surface area contributed by atoms with E-state index in [0.29, 0.717) is 22.6 Å². The fourth-order valence-corrected chi connectivity index (χ4v) is 5.46. The van der Waals surface area contributed by atoms with Crippen LogP contribution in [0.5, 0.6) is 0 Å². The molecule has 1 unspecified atom stereocenters. The predicted octanol–water partition coefficient (Wildman–Crippen LogP) is 3.33. The fraction of sp³-hybridized carbons (Fsp3) is 0.450. The number of methoxy groups -OCH3 is 1. The molecular weight excluding hydrogens is 414 g/mol. The first-order chi connectivity index (χ1) is 13.9. The van der Waals surface area contributed by atoms with Gasteiger partial charge in [-0.05, 0) is 38.3 Å². The molecular formula is C20H25NO6S2. The van der Waals surface area contributed by atoms with Crippen LogP contribution in [0.2, 0.25) is 0 Å². The maximum absolute atomic E-state index is 12.9. The second-order valence-electron chi connectivity index (χ2n) is 6.63. The van der Waals surface area contributed by atoms with Crippen molar-refractivity contribution in [1.82, 2.24) is 4.72 Å². The number of benzene rings is 1. The molecule has 1 aromatic heterocycles. The number of carbonyl (C=O) groups is 1. The van der Waals surface area contributed by atoms with Gasteiger partial charge in [0, 0.05) is 28.5 Å². The normalized spacial score (nSPS) is 17.2. The molecule has 3 rings (SSSR count). The van der Waals surface area contributed by atoms with Gasteiger partial charge in [-0.1, -0.05) is 18.2 Å². The summed E-state index contributed by atoms with van der Waals surface area (Å²) in [6, 6.07) is 8.39. The van der Waals surface area contributed by atoms with Crippen molar-refractivity contribution in [2.45, 2.75) is 37.4 Å². The van der Waals surface area contributed by atoms with Crippen LogP contribution in [0, 0.1) is 6.92 Å². The number of esters is 1. The minimum absolute atomic E-state index is 0.146. The molecule has 0 amide bonds. The Bertz CT molecular complexity index is 948. The Morgan fingerprint density at radius 3 is 2.83 bits per heavy atom. The summed E-state index contributed by atoms with van der Waals surface area (Å²) in [7, 11) is -2.43.